The molecule has 1 aromatic carbocycles. The lowest BCUT2D eigenvalue weighted by molar-refractivity contribution is -0.123. The number of aromatic amines is 2. The molecule has 1 aliphatic rings. The van der Waals surface area contributed by atoms with Gasteiger partial charge in [-0.3, -0.25) is 24.4 Å². The number of fused-ring (bicyclic) bond motifs is 1. The van der Waals surface area contributed by atoms with Crippen molar-refractivity contribution in [1.29, 1.82) is 0 Å². The second kappa shape index (κ2) is 6.44. The van der Waals surface area contributed by atoms with Crippen LogP contribution in [-0.4, -0.2) is 28.9 Å². The van der Waals surface area contributed by atoms with Gasteiger partial charge < -0.3 is 15.4 Å². The van der Waals surface area contributed by atoms with E-state index in [2.05, 4.69) is 15.6 Å². The summed E-state index contributed by atoms with van der Waals surface area (Å²) in [6.07, 6.45) is -0.241. The first-order chi connectivity index (χ1) is 11.9. The molecule has 1 aliphatic heterocycles. The Balaban J connectivity index is 1.98. The Morgan fingerprint density at radius 2 is 2.04 bits per heavy atom. The summed E-state index contributed by atoms with van der Waals surface area (Å²) in [5, 5.41) is 5.23. The maximum absolute atomic E-state index is 12.6. The van der Waals surface area contributed by atoms with Crippen molar-refractivity contribution in [2.75, 3.05) is 17.7 Å². The van der Waals surface area contributed by atoms with Crippen LogP contribution in [0.3, 0.4) is 0 Å². The minimum atomic E-state index is -1.08. The number of amides is 2. The Morgan fingerprint density at radius 1 is 1.28 bits per heavy atom. The standard InChI is InChI=1S/C15H13ClN4O5/c1-25-6-2-3-8(16)9(4-6)17-13(22)7-5-10(21)18-12-11(7)14(23)20-15(24)19-12/h2-4,7H,5H2,1H3,(H,17,22)(H3,18,19,20,21,23,24). The number of hydrogen-bond donors (Lipinski definition) is 4. The molecule has 0 saturated carbocycles. The lowest BCUT2D eigenvalue weighted by Gasteiger charge is -2.23. The number of benzene rings is 1. The van der Waals surface area contributed by atoms with Crippen molar-refractivity contribution < 1.29 is 14.3 Å². The van der Waals surface area contributed by atoms with E-state index in [-0.39, 0.29) is 28.5 Å². The Labute approximate surface area is 145 Å². The number of hydrogen-bond acceptors (Lipinski definition) is 5. The maximum Gasteiger partial charge on any atom is 0.327 e. The first-order valence-corrected chi connectivity index (χ1v) is 7.57. The second-order valence-corrected chi connectivity index (χ2v) is 5.74. The van der Waals surface area contributed by atoms with Crippen LogP contribution in [0.1, 0.15) is 17.9 Å². The van der Waals surface area contributed by atoms with E-state index in [9.17, 15) is 19.2 Å². The van der Waals surface area contributed by atoms with Crippen molar-refractivity contribution in [3.63, 3.8) is 0 Å². The molecule has 0 aliphatic carbocycles. The number of carbonyl (C=O) groups is 2. The van der Waals surface area contributed by atoms with Crippen LogP contribution < -0.4 is 26.6 Å². The molecule has 9 nitrogen and oxygen atoms in total. The number of aromatic nitrogens is 2. The molecule has 0 saturated heterocycles. The highest BCUT2D eigenvalue weighted by Crippen LogP contribution is 2.31. The first-order valence-electron chi connectivity index (χ1n) is 7.20. The number of anilines is 2. The summed E-state index contributed by atoms with van der Waals surface area (Å²) in [4.78, 5) is 52.2. The van der Waals surface area contributed by atoms with E-state index in [0.717, 1.165) is 0 Å². The number of carbonyl (C=O) groups excluding carboxylic acids is 2. The normalized spacial score (nSPS) is 15.9. The van der Waals surface area contributed by atoms with E-state index < -0.39 is 29.0 Å². The summed E-state index contributed by atoms with van der Waals surface area (Å²) in [5.74, 6) is -1.79. The molecule has 0 spiro atoms. The zero-order valence-corrected chi connectivity index (χ0v) is 13.7. The van der Waals surface area contributed by atoms with E-state index in [4.69, 9.17) is 16.3 Å². The SMILES string of the molecule is COc1ccc(Cl)c(NC(=O)C2CC(=O)Nc3[nH]c(=O)[nH]c(=O)c32)c1. The predicted octanol–water partition coefficient (Wildman–Crippen LogP) is 0.790. The molecule has 0 fully saturated rings. The Bertz CT molecular complexity index is 981. The fourth-order valence-corrected chi connectivity index (χ4v) is 2.74. The second-order valence-electron chi connectivity index (χ2n) is 5.34. The molecule has 4 N–H and O–H groups in total. The summed E-state index contributed by atoms with van der Waals surface area (Å²) in [7, 11) is 1.46. The van der Waals surface area contributed by atoms with Gasteiger partial charge >= 0.3 is 5.69 Å². The van der Waals surface area contributed by atoms with Crippen LogP contribution in [0.15, 0.2) is 27.8 Å². The Kier molecular flexibility index (Phi) is 4.32. The van der Waals surface area contributed by atoms with E-state index in [0.29, 0.717) is 5.75 Å². The fraction of sp³-hybridized carbons (Fsp3) is 0.200. The van der Waals surface area contributed by atoms with Crippen LogP contribution in [0.2, 0.25) is 5.02 Å². The highest BCUT2D eigenvalue weighted by atomic mass is 35.5. The zero-order chi connectivity index (χ0) is 18.1. The Hall–Kier alpha value is -3.07. The van der Waals surface area contributed by atoms with Gasteiger partial charge in [-0.25, -0.2) is 4.79 Å². The molecule has 2 heterocycles. The molecular formula is C15H13ClN4O5. The van der Waals surface area contributed by atoms with E-state index in [1.54, 1.807) is 12.1 Å². The van der Waals surface area contributed by atoms with E-state index >= 15 is 0 Å². The van der Waals surface area contributed by atoms with Crippen molar-refractivity contribution in [3.05, 3.63) is 49.6 Å². The first kappa shape index (κ1) is 16.8. The highest BCUT2D eigenvalue weighted by Gasteiger charge is 2.34. The van der Waals surface area contributed by atoms with Gasteiger partial charge in [-0.1, -0.05) is 11.6 Å². The van der Waals surface area contributed by atoms with Crippen LogP contribution in [0, 0.1) is 0 Å². The van der Waals surface area contributed by atoms with Gasteiger partial charge in [0.1, 0.15) is 11.6 Å². The Morgan fingerprint density at radius 3 is 2.76 bits per heavy atom. The number of methoxy groups -OCH3 is 1. The minimum Gasteiger partial charge on any atom is -0.497 e. The molecule has 130 valence electrons. The summed E-state index contributed by atoms with van der Waals surface area (Å²) in [5.41, 5.74) is -1.26. The number of halogens is 1. The average molecular weight is 365 g/mol. The fourth-order valence-electron chi connectivity index (χ4n) is 2.58. The maximum atomic E-state index is 12.6. The number of H-pyrrole nitrogens is 2. The third kappa shape index (κ3) is 3.26. The largest absolute Gasteiger partial charge is 0.497 e. The van der Waals surface area contributed by atoms with Crippen LogP contribution in [0.4, 0.5) is 11.5 Å². The van der Waals surface area contributed by atoms with Crippen molar-refractivity contribution in [2.45, 2.75) is 12.3 Å². The van der Waals surface area contributed by atoms with Crippen LogP contribution >= 0.6 is 11.6 Å². The van der Waals surface area contributed by atoms with Crippen molar-refractivity contribution in [1.82, 2.24) is 9.97 Å². The van der Waals surface area contributed by atoms with Gasteiger partial charge in [-0.05, 0) is 12.1 Å². The molecule has 10 heteroatoms. The summed E-state index contributed by atoms with van der Waals surface area (Å²) >= 11 is 6.05. The molecule has 2 amide bonds. The van der Waals surface area contributed by atoms with Gasteiger partial charge in [0.05, 0.1) is 29.3 Å². The molecular weight excluding hydrogens is 352 g/mol. The molecule has 25 heavy (non-hydrogen) atoms. The van der Waals surface area contributed by atoms with Crippen molar-refractivity contribution >= 4 is 34.9 Å². The number of nitrogens with one attached hydrogen (secondary N) is 4. The predicted molar refractivity (Wildman–Crippen MR) is 90.3 cm³/mol. The topological polar surface area (TPSA) is 133 Å². The van der Waals surface area contributed by atoms with Crippen molar-refractivity contribution in [3.8, 4) is 5.75 Å². The highest BCUT2D eigenvalue weighted by molar-refractivity contribution is 6.33. The molecule has 1 unspecified atom stereocenters. The van der Waals surface area contributed by atoms with Crippen LogP contribution in [0.5, 0.6) is 5.75 Å². The van der Waals surface area contributed by atoms with Gasteiger partial charge in [-0.2, -0.15) is 0 Å². The smallest absolute Gasteiger partial charge is 0.327 e. The van der Waals surface area contributed by atoms with Crippen LogP contribution in [0.25, 0.3) is 0 Å². The lowest BCUT2D eigenvalue weighted by atomic mass is 9.92. The lowest BCUT2D eigenvalue weighted by Crippen LogP contribution is -2.39. The molecule has 0 bridgehead atoms. The molecule has 1 atom stereocenters. The van der Waals surface area contributed by atoms with Crippen molar-refractivity contribution in [2.24, 2.45) is 0 Å². The van der Waals surface area contributed by atoms with Gasteiger partial charge in [-0.15, -0.1) is 0 Å². The quantitative estimate of drug-likeness (QED) is 0.639. The molecule has 0 radical (unpaired) electrons. The van der Waals surface area contributed by atoms with Gasteiger partial charge in [0.25, 0.3) is 5.56 Å². The van der Waals surface area contributed by atoms with Crippen LogP contribution in [-0.2, 0) is 9.59 Å². The third-order valence-electron chi connectivity index (χ3n) is 3.73. The van der Waals surface area contributed by atoms with E-state index in [1.807, 2.05) is 4.98 Å². The third-order valence-corrected chi connectivity index (χ3v) is 4.06. The minimum absolute atomic E-state index is 0.0179. The number of rotatable bonds is 3. The average Bonchev–Trinajstić information content (AvgIpc) is 2.55. The van der Waals surface area contributed by atoms with Gasteiger partial charge in [0, 0.05) is 12.5 Å². The number of ether oxygens (including phenoxy) is 1. The molecule has 1 aromatic heterocycles. The van der Waals surface area contributed by atoms with Gasteiger partial charge in [0.15, 0.2) is 0 Å². The zero-order valence-electron chi connectivity index (χ0n) is 12.9. The summed E-state index contributed by atoms with van der Waals surface area (Å²) in [6, 6.07) is 4.68. The molecule has 2 aromatic rings. The monoisotopic (exact) mass is 364 g/mol. The molecule has 3 rings (SSSR count). The summed E-state index contributed by atoms with van der Waals surface area (Å²) in [6.45, 7) is 0. The summed E-state index contributed by atoms with van der Waals surface area (Å²) < 4.78 is 5.07. The van der Waals surface area contributed by atoms with Gasteiger partial charge in [0.2, 0.25) is 11.8 Å². The van der Waals surface area contributed by atoms with E-state index in [1.165, 1.54) is 13.2 Å².